The van der Waals surface area contributed by atoms with Crippen LogP contribution in [0.3, 0.4) is 0 Å². The first-order valence-corrected chi connectivity index (χ1v) is 4.63. The molecule has 1 aromatic carbocycles. The van der Waals surface area contributed by atoms with Gasteiger partial charge in [-0.3, -0.25) is 0 Å². The molecule has 0 aromatic heterocycles. The third-order valence-electron chi connectivity index (χ3n) is 1.57. The van der Waals surface area contributed by atoms with Gasteiger partial charge in [0.15, 0.2) is 0 Å². The van der Waals surface area contributed by atoms with Crippen LogP contribution in [-0.4, -0.2) is 11.7 Å². The van der Waals surface area contributed by atoms with E-state index in [-0.39, 0.29) is 12.6 Å². The summed E-state index contributed by atoms with van der Waals surface area (Å²) < 4.78 is 0.832. The number of rotatable bonds is 2. The largest absolute Gasteiger partial charge is 0.394 e. The molecule has 0 aliphatic carbocycles. The minimum Gasteiger partial charge on any atom is -0.394 e. The molecule has 2 nitrogen and oxygen atoms in total. The van der Waals surface area contributed by atoms with Gasteiger partial charge in [0.05, 0.1) is 17.7 Å². The van der Waals surface area contributed by atoms with Crippen molar-refractivity contribution in [1.29, 1.82) is 0 Å². The molecule has 1 unspecified atom stereocenters. The number of halogens is 2. The molecule has 1 atom stereocenters. The highest BCUT2D eigenvalue weighted by Gasteiger charge is 2.05. The average molecular weight is 251 g/mol. The van der Waals surface area contributed by atoms with Gasteiger partial charge in [-0.1, -0.05) is 17.7 Å². The normalized spacial score (nSPS) is 13.0. The predicted molar refractivity (Wildman–Crippen MR) is 53.2 cm³/mol. The van der Waals surface area contributed by atoms with E-state index in [0.717, 1.165) is 10.0 Å². The van der Waals surface area contributed by atoms with Crippen molar-refractivity contribution < 1.29 is 5.11 Å². The Labute approximate surface area is 84.5 Å². The number of hydrogen-bond donors (Lipinski definition) is 2. The lowest BCUT2D eigenvalue weighted by molar-refractivity contribution is 0.268. The lowest BCUT2D eigenvalue weighted by Gasteiger charge is -2.08. The monoisotopic (exact) mass is 249 g/mol. The number of aliphatic hydroxyl groups excluding tert-OH is 1. The van der Waals surface area contributed by atoms with Crippen LogP contribution >= 0.6 is 27.5 Å². The highest BCUT2D eigenvalue weighted by Crippen LogP contribution is 2.25. The minimum absolute atomic E-state index is 0.0715. The Morgan fingerprint density at radius 1 is 1.58 bits per heavy atom. The van der Waals surface area contributed by atoms with E-state index >= 15 is 0 Å². The second-order valence-electron chi connectivity index (χ2n) is 2.46. The molecule has 66 valence electrons. The van der Waals surface area contributed by atoms with Crippen molar-refractivity contribution in [2.75, 3.05) is 6.61 Å². The quantitative estimate of drug-likeness (QED) is 0.844. The molecule has 0 saturated carbocycles. The van der Waals surface area contributed by atoms with Crippen molar-refractivity contribution in [3.63, 3.8) is 0 Å². The average Bonchev–Trinajstić information content (AvgIpc) is 2.08. The van der Waals surface area contributed by atoms with Crippen LogP contribution in [-0.2, 0) is 0 Å². The SMILES string of the molecule is NC(CO)c1ccc(Br)c(Cl)c1. The van der Waals surface area contributed by atoms with Crippen LogP contribution in [0.4, 0.5) is 0 Å². The van der Waals surface area contributed by atoms with E-state index in [4.69, 9.17) is 22.4 Å². The molecule has 12 heavy (non-hydrogen) atoms. The Balaban J connectivity index is 2.96. The molecule has 0 aliphatic rings. The van der Waals surface area contributed by atoms with E-state index in [1.165, 1.54) is 0 Å². The molecule has 0 aliphatic heterocycles. The topological polar surface area (TPSA) is 46.2 Å². The van der Waals surface area contributed by atoms with E-state index in [1.807, 2.05) is 12.1 Å². The minimum atomic E-state index is -0.351. The zero-order valence-electron chi connectivity index (χ0n) is 6.30. The summed E-state index contributed by atoms with van der Waals surface area (Å²) in [5.74, 6) is 0. The van der Waals surface area contributed by atoms with Gasteiger partial charge in [0, 0.05) is 4.47 Å². The van der Waals surface area contributed by atoms with Crippen molar-refractivity contribution in [2.45, 2.75) is 6.04 Å². The third kappa shape index (κ3) is 2.20. The van der Waals surface area contributed by atoms with Gasteiger partial charge in [-0.25, -0.2) is 0 Å². The fourth-order valence-corrected chi connectivity index (χ4v) is 1.28. The maximum absolute atomic E-state index is 8.77. The smallest absolute Gasteiger partial charge is 0.0624 e. The van der Waals surface area contributed by atoms with Crippen molar-refractivity contribution in [1.82, 2.24) is 0 Å². The highest BCUT2D eigenvalue weighted by molar-refractivity contribution is 9.10. The van der Waals surface area contributed by atoms with Gasteiger partial charge in [0.2, 0.25) is 0 Å². The van der Waals surface area contributed by atoms with Gasteiger partial charge in [-0.2, -0.15) is 0 Å². The molecule has 4 heteroatoms. The van der Waals surface area contributed by atoms with Gasteiger partial charge in [-0.15, -0.1) is 0 Å². The molecular formula is C8H9BrClNO. The van der Waals surface area contributed by atoms with E-state index in [0.29, 0.717) is 5.02 Å². The summed E-state index contributed by atoms with van der Waals surface area (Å²) in [6, 6.07) is 5.03. The number of nitrogens with two attached hydrogens (primary N) is 1. The molecule has 0 fully saturated rings. The van der Waals surface area contributed by atoms with Gasteiger partial charge >= 0.3 is 0 Å². The molecule has 0 saturated heterocycles. The summed E-state index contributed by atoms with van der Waals surface area (Å²) in [4.78, 5) is 0. The van der Waals surface area contributed by atoms with Crippen LogP contribution in [0.15, 0.2) is 22.7 Å². The van der Waals surface area contributed by atoms with Crippen LogP contribution in [0.25, 0.3) is 0 Å². The maximum Gasteiger partial charge on any atom is 0.0624 e. The summed E-state index contributed by atoms with van der Waals surface area (Å²) in [5.41, 5.74) is 6.43. The van der Waals surface area contributed by atoms with Crippen LogP contribution in [0, 0.1) is 0 Å². The fraction of sp³-hybridized carbons (Fsp3) is 0.250. The van der Waals surface area contributed by atoms with E-state index in [1.54, 1.807) is 6.07 Å². The molecule has 0 heterocycles. The first-order chi connectivity index (χ1) is 5.65. The van der Waals surface area contributed by atoms with Crippen LogP contribution in [0.1, 0.15) is 11.6 Å². The Hall–Kier alpha value is -0.0900. The van der Waals surface area contributed by atoms with Crippen molar-refractivity contribution >= 4 is 27.5 Å². The lowest BCUT2D eigenvalue weighted by Crippen LogP contribution is -2.14. The Bertz CT molecular complexity index is 280. The highest BCUT2D eigenvalue weighted by atomic mass is 79.9. The summed E-state index contributed by atoms with van der Waals surface area (Å²) in [7, 11) is 0. The number of aliphatic hydroxyl groups is 1. The summed E-state index contributed by atoms with van der Waals surface area (Å²) in [5, 5.41) is 9.38. The van der Waals surface area contributed by atoms with Gasteiger partial charge < -0.3 is 10.8 Å². The Morgan fingerprint density at radius 3 is 2.75 bits per heavy atom. The zero-order chi connectivity index (χ0) is 9.14. The van der Waals surface area contributed by atoms with Gasteiger partial charge in [0.25, 0.3) is 0 Å². The van der Waals surface area contributed by atoms with E-state index in [2.05, 4.69) is 15.9 Å². The Morgan fingerprint density at radius 2 is 2.25 bits per heavy atom. The molecule has 1 rings (SSSR count). The molecule has 0 radical (unpaired) electrons. The van der Waals surface area contributed by atoms with Crippen molar-refractivity contribution in [3.05, 3.63) is 33.3 Å². The molecule has 1 aromatic rings. The van der Waals surface area contributed by atoms with Gasteiger partial charge in [-0.05, 0) is 33.6 Å². The second kappa shape index (κ2) is 4.23. The number of hydrogen-bond acceptors (Lipinski definition) is 2. The molecule has 0 bridgehead atoms. The summed E-state index contributed by atoms with van der Waals surface area (Å²) in [6.07, 6.45) is 0. The fourth-order valence-electron chi connectivity index (χ4n) is 0.848. The summed E-state index contributed by atoms with van der Waals surface area (Å²) >= 11 is 9.10. The van der Waals surface area contributed by atoms with E-state index in [9.17, 15) is 0 Å². The predicted octanol–water partition coefficient (Wildman–Crippen LogP) is 2.09. The molecule has 0 spiro atoms. The maximum atomic E-state index is 8.77. The van der Waals surface area contributed by atoms with E-state index < -0.39 is 0 Å². The third-order valence-corrected chi connectivity index (χ3v) is 2.80. The van der Waals surface area contributed by atoms with Crippen LogP contribution < -0.4 is 5.73 Å². The molecular weight excluding hydrogens is 241 g/mol. The Kier molecular flexibility index (Phi) is 3.53. The second-order valence-corrected chi connectivity index (χ2v) is 3.72. The molecule has 0 amide bonds. The van der Waals surface area contributed by atoms with Crippen LogP contribution in [0.5, 0.6) is 0 Å². The zero-order valence-corrected chi connectivity index (χ0v) is 8.64. The van der Waals surface area contributed by atoms with Crippen LogP contribution in [0.2, 0.25) is 5.02 Å². The van der Waals surface area contributed by atoms with Gasteiger partial charge in [0.1, 0.15) is 0 Å². The number of benzene rings is 1. The lowest BCUT2D eigenvalue weighted by atomic mass is 10.1. The summed E-state index contributed by atoms with van der Waals surface area (Å²) in [6.45, 7) is -0.0715. The standard InChI is InChI=1S/C8H9BrClNO/c9-6-2-1-5(3-7(6)10)8(11)4-12/h1-3,8,12H,4,11H2. The van der Waals surface area contributed by atoms with Crippen molar-refractivity contribution in [3.8, 4) is 0 Å². The molecule has 3 N–H and O–H groups in total. The van der Waals surface area contributed by atoms with Crippen molar-refractivity contribution in [2.24, 2.45) is 5.73 Å². The first kappa shape index (κ1) is 9.99. The first-order valence-electron chi connectivity index (χ1n) is 3.46.